The first kappa shape index (κ1) is 10.7. The van der Waals surface area contributed by atoms with Crippen molar-refractivity contribution in [2.24, 2.45) is 5.14 Å². The maximum absolute atomic E-state index is 10.8. The SMILES string of the molecule is NS(=O)(=O)c1cc(CCCBr)on1. The molecule has 0 spiro atoms. The summed E-state index contributed by atoms with van der Waals surface area (Å²) >= 11 is 3.25. The summed E-state index contributed by atoms with van der Waals surface area (Å²) in [4.78, 5) is 0. The molecule has 13 heavy (non-hydrogen) atoms. The van der Waals surface area contributed by atoms with Crippen LogP contribution >= 0.6 is 15.9 Å². The Hall–Kier alpha value is -0.400. The molecule has 0 aromatic carbocycles. The number of nitrogens with two attached hydrogens (primary N) is 1. The van der Waals surface area contributed by atoms with Crippen LogP contribution in [0.5, 0.6) is 0 Å². The van der Waals surface area contributed by atoms with E-state index in [0.717, 1.165) is 11.8 Å². The van der Waals surface area contributed by atoms with Crippen molar-refractivity contribution in [3.8, 4) is 0 Å². The van der Waals surface area contributed by atoms with Crippen LogP contribution in [0.25, 0.3) is 0 Å². The normalized spacial score (nSPS) is 11.8. The number of rotatable bonds is 4. The van der Waals surface area contributed by atoms with Crippen LogP contribution in [0.1, 0.15) is 12.2 Å². The first-order chi connectivity index (χ1) is 6.04. The lowest BCUT2D eigenvalue weighted by atomic mass is 10.3. The van der Waals surface area contributed by atoms with Crippen LogP contribution in [-0.4, -0.2) is 18.9 Å². The fraction of sp³-hybridized carbons (Fsp3) is 0.500. The number of nitrogens with zero attached hydrogens (tertiary/aromatic N) is 1. The van der Waals surface area contributed by atoms with Crippen molar-refractivity contribution in [1.29, 1.82) is 0 Å². The minimum atomic E-state index is -3.72. The molecule has 1 aromatic heterocycles. The van der Waals surface area contributed by atoms with E-state index in [-0.39, 0.29) is 5.03 Å². The number of aryl methyl sites for hydroxylation is 1. The Morgan fingerprint density at radius 3 is 2.77 bits per heavy atom. The number of hydrogen-bond acceptors (Lipinski definition) is 4. The second-order valence-electron chi connectivity index (χ2n) is 2.47. The molecule has 1 aromatic rings. The van der Waals surface area contributed by atoms with Gasteiger partial charge in [0.05, 0.1) is 0 Å². The highest BCUT2D eigenvalue weighted by Crippen LogP contribution is 2.10. The number of halogens is 1. The van der Waals surface area contributed by atoms with Gasteiger partial charge in [0.1, 0.15) is 5.76 Å². The summed E-state index contributed by atoms with van der Waals surface area (Å²) in [6, 6.07) is 1.35. The summed E-state index contributed by atoms with van der Waals surface area (Å²) in [5.41, 5.74) is 0. The lowest BCUT2D eigenvalue weighted by Crippen LogP contribution is -2.12. The number of primary sulfonamides is 1. The van der Waals surface area contributed by atoms with Gasteiger partial charge >= 0.3 is 0 Å². The summed E-state index contributed by atoms with van der Waals surface area (Å²) in [7, 11) is -3.72. The first-order valence-electron chi connectivity index (χ1n) is 3.58. The highest BCUT2D eigenvalue weighted by Gasteiger charge is 2.13. The van der Waals surface area contributed by atoms with Gasteiger partial charge in [0.15, 0.2) is 0 Å². The third-order valence-electron chi connectivity index (χ3n) is 1.39. The molecule has 74 valence electrons. The molecular weight excluding hydrogens is 260 g/mol. The van der Waals surface area contributed by atoms with Crippen molar-refractivity contribution in [2.75, 3.05) is 5.33 Å². The molecule has 0 unspecified atom stereocenters. The maximum Gasteiger partial charge on any atom is 0.259 e. The molecule has 0 amide bonds. The quantitative estimate of drug-likeness (QED) is 0.813. The molecule has 0 atom stereocenters. The van der Waals surface area contributed by atoms with Crippen LogP contribution in [0, 0.1) is 0 Å². The van der Waals surface area contributed by atoms with Gasteiger partial charge in [-0.25, -0.2) is 13.6 Å². The average Bonchev–Trinajstić information content (AvgIpc) is 2.47. The lowest BCUT2D eigenvalue weighted by Gasteiger charge is -1.88. The average molecular weight is 269 g/mol. The van der Waals surface area contributed by atoms with E-state index in [0.29, 0.717) is 12.2 Å². The predicted octanol–water partition coefficient (Wildman–Crippen LogP) is 0.650. The zero-order valence-corrected chi connectivity index (χ0v) is 9.14. The Bertz CT molecular complexity index is 373. The topological polar surface area (TPSA) is 86.2 Å². The Morgan fingerprint density at radius 1 is 1.62 bits per heavy atom. The van der Waals surface area contributed by atoms with Gasteiger partial charge in [-0.1, -0.05) is 21.1 Å². The zero-order valence-electron chi connectivity index (χ0n) is 6.73. The maximum atomic E-state index is 10.8. The minimum Gasteiger partial charge on any atom is -0.360 e. The summed E-state index contributed by atoms with van der Waals surface area (Å²) in [5, 5.41) is 8.80. The molecule has 1 heterocycles. The molecule has 0 aliphatic rings. The molecule has 0 saturated heterocycles. The lowest BCUT2D eigenvalue weighted by molar-refractivity contribution is 0.368. The Labute approximate surface area is 84.5 Å². The van der Waals surface area contributed by atoms with E-state index in [4.69, 9.17) is 9.66 Å². The van der Waals surface area contributed by atoms with Gasteiger partial charge in [-0.2, -0.15) is 0 Å². The summed E-state index contributed by atoms with van der Waals surface area (Å²) in [6.07, 6.45) is 1.51. The van der Waals surface area contributed by atoms with Crippen molar-refractivity contribution in [3.63, 3.8) is 0 Å². The molecule has 7 heteroatoms. The van der Waals surface area contributed by atoms with Crippen molar-refractivity contribution in [2.45, 2.75) is 17.9 Å². The van der Waals surface area contributed by atoms with Crippen LogP contribution in [0.2, 0.25) is 0 Å². The molecule has 0 saturated carbocycles. The Balaban J connectivity index is 2.76. The van der Waals surface area contributed by atoms with Gasteiger partial charge < -0.3 is 4.52 Å². The molecule has 5 nitrogen and oxygen atoms in total. The molecule has 0 bridgehead atoms. The number of hydrogen-bond donors (Lipinski definition) is 1. The van der Waals surface area contributed by atoms with E-state index >= 15 is 0 Å². The molecule has 2 N–H and O–H groups in total. The van der Waals surface area contributed by atoms with Crippen molar-refractivity contribution in [1.82, 2.24) is 5.16 Å². The molecular formula is C6H9BrN2O3S. The van der Waals surface area contributed by atoms with Gasteiger partial charge in [-0.05, 0) is 6.42 Å². The molecule has 1 rings (SSSR count). The van der Waals surface area contributed by atoms with Crippen molar-refractivity contribution >= 4 is 26.0 Å². The molecule has 0 radical (unpaired) electrons. The van der Waals surface area contributed by atoms with E-state index in [2.05, 4.69) is 21.1 Å². The molecule has 0 aliphatic heterocycles. The van der Waals surface area contributed by atoms with E-state index in [1.54, 1.807) is 0 Å². The van der Waals surface area contributed by atoms with Gasteiger partial charge in [-0.15, -0.1) is 0 Å². The third kappa shape index (κ3) is 3.09. The number of sulfonamides is 1. The molecule has 0 aliphatic carbocycles. The van der Waals surface area contributed by atoms with Crippen molar-refractivity contribution < 1.29 is 12.9 Å². The first-order valence-corrected chi connectivity index (χ1v) is 6.25. The Kier molecular flexibility index (Phi) is 3.46. The highest BCUT2D eigenvalue weighted by atomic mass is 79.9. The van der Waals surface area contributed by atoms with E-state index in [9.17, 15) is 8.42 Å². The van der Waals surface area contributed by atoms with Gasteiger partial charge in [0.2, 0.25) is 5.03 Å². The number of alkyl halides is 1. The highest BCUT2D eigenvalue weighted by molar-refractivity contribution is 9.09. The van der Waals surface area contributed by atoms with Crippen LogP contribution in [0.3, 0.4) is 0 Å². The van der Waals surface area contributed by atoms with E-state index in [1.165, 1.54) is 6.07 Å². The fourth-order valence-electron chi connectivity index (χ4n) is 0.787. The van der Waals surface area contributed by atoms with E-state index < -0.39 is 10.0 Å². The fourth-order valence-corrected chi connectivity index (χ4v) is 1.50. The second kappa shape index (κ2) is 4.21. The molecule has 0 fully saturated rings. The van der Waals surface area contributed by atoms with Crippen LogP contribution in [0.15, 0.2) is 15.6 Å². The minimum absolute atomic E-state index is 0.211. The van der Waals surface area contributed by atoms with Gasteiger partial charge in [-0.3, -0.25) is 0 Å². The summed E-state index contributed by atoms with van der Waals surface area (Å²) < 4.78 is 26.3. The van der Waals surface area contributed by atoms with Gasteiger partial charge in [0.25, 0.3) is 10.0 Å². The summed E-state index contributed by atoms with van der Waals surface area (Å²) in [6.45, 7) is 0. The van der Waals surface area contributed by atoms with Crippen LogP contribution in [0.4, 0.5) is 0 Å². The number of aromatic nitrogens is 1. The van der Waals surface area contributed by atoms with E-state index in [1.807, 2.05) is 0 Å². The second-order valence-corrected chi connectivity index (χ2v) is 4.77. The monoisotopic (exact) mass is 268 g/mol. The van der Waals surface area contributed by atoms with Crippen molar-refractivity contribution in [3.05, 3.63) is 11.8 Å². The van der Waals surface area contributed by atoms with Gasteiger partial charge in [0, 0.05) is 17.8 Å². The summed E-state index contributed by atoms with van der Waals surface area (Å²) in [5.74, 6) is 0.531. The third-order valence-corrected chi connectivity index (χ3v) is 2.72. The zero-order chi connectivity index (χ0) is 9.90. The predicted molar refractivity (Wildman–Crippen MR) is 50.0 cm³/mol. The van der Waals surface area contributed by atoms with Crippen LogP contribution in [-0.2, 0) is 16.4 Å². The Morgan fingerprint density at radius 2 is 2.31 bits per heavy atom. The largest absolute Gasteiger partial charge is 0.360 e. The smallest absolute Gasteiger partial charge is 0.259 e. The van der Waals surface area contributed by atoms with Crippen LogP contribution < -0.4 is 5.14 Å². The standard InChI is InChI=1S/C6H9BrN2O3S/c7-3-1-2-5-4-6(9-12-5)13(8,10)11/h4H,1-3H2,(H2,8,10,11).